The van der Waals surface area contributed by atoms with Crippen molar-refractivity contribution < 1.29 is 52.2 Å². The van der Waals surface area contributed by atoms with E-state index in [2.05, 4.69) is 57.2 Å². The topological polar surface area (TPSA) is 155 Å². The highest BCUT2D eigenvalue weighted by Crippen LogP contribution is 2.43. The molecule has 458 valence electrons. The maximum atomic E-state index is 13.0. The molecule has 0 rings (SSSR count). The minimum absolute atomic E-state index is 0.161. The smallest absolute Gasteiger partial charge is 0.462 e. The van der Waals surface area contributed by atoms with Gasteiger partial charge in [-0.15, -0.1) is 0 Å². The third-order valence-corrected chi connectivity index (χ3v) is 15.5. The summed E-state index contributed by atoms with van der Waals surface area (Å²) in [6.07, 6.45) is 65.2. The summed E-state index contributed by atoms with van der Waals surface area (Å²) in [6, 6.07) is 0. The van der Waals surface area contributed by atoms with Crippen LogP contribution in [0.1, 0.15) is 329 Å². The Kier molecular flexibility index (Phi) is 59.0. The van der Waals surface area contributed by atoms with Gasteiger partial charge in [-0.1, -0.05) is 269 Å². The summed E-state index contributed by atoms with van der Waals surface area (Å²) >= 11 is 0. The lowest BCUT2D eigenvalue weighted by Crippen LogP contribution is -2.30. The molecule has 0 fully saturated rings. The molecule has 11 nitrogen and oxygen atoms in total. The summed E-state index contributed by atoms with van der Waals surface area (Å²) < 4.78 is 39.7. The zero-order valence-corrected chi connectivity index (χ0v) is 51.8. The minimum atomic E-state index is -4.75. The highest BCUT2D eigenvalue weighted by atomic mass is 31.2. The number of unbranched alkanes of at least 4 members (excludes halogenated alkanes) is 39. The molecule has 0 aromatic heterocycles. The molecule has 0 aliphatic carbocycles. The van der Waals surface area contributed by atoms with Crippen LogP contribution < -0.4 is 0 Å². The maximum Gasteiger partial charge on any atom is 0.472 e. The van der Waals surface area contributed by atoms with Gasteiger partial charge >= 0.3 is 25.7 Å². The van der Waals surface area contributed by atoms with Crippen LogP contribution in [-0.2, 0) is 42.2 Å². The van der Waals surface area contributed by atoms with Crippen molar-refractivity contribution in [2.75, 3.05) is 26.4 Å². The zero-order chi connectivity index (χ0) is 56.9. The first-order valence-corrected chi connectivity index (χ1v) is 34.4. The number of aliphatic hydroxyl groups is 1. The molecular formula is C66H123O11P. The minimum Gasteiger partial charge on any atom is -0.462 e. The molecule has 0 aromatic rings. The first-order valence-electron chi connectivity index (χ1n) is 32.9. The highest BCUT2D eigenvalue weighted by molar-refractivity contribution is 7.47. The molecular weight excluding hydrogens is 1000 g/mol. The van der Waals surface area contributed by atoms with Crippen molar-refractivity contribution >= 4 is 25.7 Å². The van der Waals surface area contributed by atoms with Gasteiger partial charge in [0.15, 0.2) is 6.10 Å². The van der Waals surface area contributed by atoms with Gasteiger partial charge in [0.2, 0.25) is 0 Å². The van der Waals surface area contributed by atoms with E-state index >= 15 is 0 Å². The Balaban J connectivity index is 4.66. The van der Waals surface area contributed by atoms with Gasteiger partial charge in [0.1, 0.15) is 12.7 Å². The molecule has 0 spiro atoms. The molecule has 0 aliphatic rings. The van der Waals surface area contributed by atoms with E-state index in [0.29, 0.717) is 19.3 Å². The van der Waals surface area contributed by atoms with E-state index in [1.807, 2.05) is 0 Å². The third kappa shape index (κ3) is 58.4. The van der Waals surface area contributed by atoms with Crippen LogP contribution in [0.25, 0.3) is 0 Å². The lowest BCUT2D eigenvalue weighted by atomic mass is 10.0. The quantitative estimate of drug-likeness (QED) is 0.0197. The number of phosphoric ester groups is 1. The van der Waals surface area contributed by atoms with Crippen molar-refractivity contribution in [3.8, 4) is 0 Å². The summed E-state index contributed by atoms with van der Waals surface area (Å²) in [4.78, 5) is 48.8. The SMILES string of the molecule is CCCCC/C=C\C/C=C\CCCCCCCCCC(=O)OC(COC(=O)CCCCCCCCC/C=C\CCCCCCCC)COP(=O)(O)OCC(CO)OC(=O)CCCCCCCCCCCCCCCCCCC. The second-order valence-corrected chi connectivity index (χ2v) is 23.7. The number of allylic oxidation sites excluding steroid dienone is 6. The van der Waals surface area contributed by atoms with Gasteiger partial charge in [-0.05, 0) is 77.0 Å². The monoisotopic (exact) mass is 1120 g/mol. The molecule has 2 N–H and O–H groups in total. The summed E-state index contributed by atoms with van der Waals surface area (Å²) in [7, 11) is -4.75. The van der Waals surface area contributed by atoms with E-state index in [-0.39, 0.29) is 25.9 Å². The number of hydrogen-bond acceptors (Lipinski definition) is 10. The molecule has 12 heteroatoms. The van der Waals surface area contributed by atoms with Crippen LogP contribution in [0.15, 0.2) is 36.5 Å². The summed E-state index contributed by atoms with van der Waals surface area (Å²) in [6.45, 7) is 4.68. The van der Waals surface area contributed by atoms with Crippen molar-refractivity contribution in [3.05, 3.63) is 36.5 Å². The van der Waals surface area contributed by atoms with Gasteiger partial charge < -0.3 is 24.2 Å². The fourth-order valence-corrected chi connectivity index (χ4v) is 10.3. The van der Waals surface area contributed by atoms with Gasteiger partial charge in [0.05, 0.1) is 19.8 Å². The van der Waals surface area contributed by atoms with E-state index in [9.17, 15) is 28.9 Å². The van der Waals surface area contributed by atoms with Crippen LogP contribution in [0, 0.1) is 0 Å². The predicted molar refractivity (Wildman–Crippen MR) is 326 cm³/mol. The predicted octanol–water partition coefficient (Wildman–Crippen LogP) is 19.9. The number of phosphoric acid groups is 1. The van der Waals surface area contributed by atoms with Gasteiger partial charge in [0.25, 0.3) is 0 Å². The van der Waals surface area contributed by atoms with Crippen LogP contribution in [0.4, 0.5) is 0 Å². The third-order valence-electron chi connectivity index (χ3n) is 14.5. The first kappa shape index (κ1) is 75.7. The Morgan fingerprint density at radius 2 is 0.628 bits per heavy atom. The Morgan fingerprint density at radius 3 is 0.987 bits per heavy atom. The molecule has 0 bridgehead atoms. The van der Waals surface area contributed by atoms with E-state index in [1.165, 1.54) is 186 Å². The molecule has 0 saturated heterocycles. The highest BCUT2D eigenvalue weighted by Gasteiger charge is 2.28. The van der Waals surface area contributed by atoms with E-state index in [4.69, 9.17) is 23.3 Å². The lowest BCUT2D eigenvalue weighted by molar-refractivity contribution is -0.161. The van der Waals surface area contributed by atoms with Gasteiger partial charge in [-0.25, -0.2) is 4.57 Å². The Labute approximate surface area is 480 Å². The van der Waals surface area contributed by atoms with Gasteiger partial charge in [0, 0.05) is 19.3 Å². The maximum absolute atomic E-state index is 13.0. The molecule has 3 atom stereocenters. The molecule has 0 radical (unpaired) electrons. The van der Waals surface area contributed by atoms with Crippen molar-refractivity contribution in [2.45, 2.75) is 341 Å². The number of carbonyl (C=O) groups is 3. The molecule has 0 aliphatic heterocycles. The van der Waals surface area contributed by atoms with Crippen molar-refractivity contribution in [3.63, 3.8) is 0 Å². The van der Waals surface area contributed by atoms with E-state index in [0.717, 1.165) is 83.5 Å². The van der Waals surface area contributed by atoms with Crippen LogP contribution in [-0.4, -0.2) is 66.5 Å². The van der Waals surface area contributed by atoms with E-state index in [1.54, 1.807) is 0 Å². The molecule has 78 heavy (non-hydrogen) atoms. The molecule has 3 unspecified atom stereocenters. The van der Waals surface area contributed by atoms with Crippen molar-refractivity contribution in [2.24, 2.45) is 0 Å². The average Bonchev–Trinajstić information content (AvgIpc) is 3.43. The average molecular weight is 1120 g/mol. The Hall–Kier alpha value is -2.30. The summed E-state index contributed by atoms with van der Waals surface area (Å²) in [5.41, 5.74) is 0. The summed E-state index contributed by atoms with van der Waals surface area (Å²) in [5, 5.41) is 9.86. The van der Waals surface area contributed by atoms with Gasteiger partial charge in [-0.3, -0.25) is 23.4 Å². The zero-order valence-electron chi connectivity index (χ0n) is 50.9. The number of carbonyl (C=O) groups excluding carboxylic acids is 3. The molecule has 0 saturated carbocycles. The number of esters is 3. The van der Waals surface area contributed by atoms with Crippen LogP contribution in [0.3, 0.4) is 0 Å². The molecule has 0 heterocycles. The Bertz CT molecular complexity index is 1450. The lowest BCUT2D eigenvalue weighted by Gasteiger charge is -2.21. The van der Waals surface area contributed by atoms with Crippen LogP contribution >= 0.6 is 7.82 Å². The van der Waals surface area contributed by atoms with E-state index < -0.39 is 57.8 Å². The Morgan fingerprint density at radius 1 is 0.359 bits per heavy atom. The second-order valence-electron chi connectivity index (χ2n) is 22.3. The van der Waals surface area contributed by atoms with Crippen molar-refractivity contribution in [1.82, 2.24) is 0 Å². The first-order chi connectivity index (χ1) is 38.2. The normalized spacial score (nSPS) is 13.4. The fourth-order valence-electron chi connectivity index (χ4n) is 9.50. The number of hydrogen-bond donors (Lipinski definition) is 2. The second kappa shape index (κ2) is 60.8. The van der Waals surface area contributed by atoms with Crippen LogP contribution in [0.2, 0.25) is 0 Å². The molecule has 0 aromatic carbocycles. The molecule has 0 amide bonds. The number of aliphatic hydroxyl groups excluding tert-OH is 1. The van der Waals surface area contributed by atoms with Gasteiger partial charge in [-0.2, -0.15) is 0 Å². The number of ether oxygens (including phenoxy) is 3. The fraction of sp³-hybridized carbons (Fsp3) is 0.864. The van der Waals surface area contributed by atoms with Crippen LogP contribution in [0.5, 0.6) is 0 Å². The summed E-state index contributed by atoms with van der Waals surface area (Å²) in [5.74, 6) is -1.45. The standard InChI is InChI=1S/C66H123O11P/c1-4-7-10-13-16-19-22-25-28-31-34-37-40-43-46-49-52-55-64(68)73-59-63(77-66(70)57-54-51-48-45-42-39-36-33-30-27-24-21-18-15-12-9-6-3)61-75-78(71,72)74-60-62(58-67)76-65(69)56-53-50-47-44-41-38-35-32-29-26-23-20-17-14-11-8-5-2/h18,21,25,27-28,30,62-63,67H,4-17,19-20,22-24,26,29,31-61H2,1-3H3,(H,71,72)/b21-18-,28-25-,30-27-. The largest absolute Gasteiger partial charge is 0.472 e. The van der Waals surface area contributed by atoms with Crippen molar-refractivity contribution in [1.29, 1.82) is 0 Å². The number of rotatable bonds is 62.